The Kier molecular flexibility index (Phi) is 8.39. The maximum atomic E-state index is 13.6. The molecule has 0 spiro atoms. The third-order valence-electron chi connectivity index (χ3n) is 7.65. The Hall–Kier alpha value is -2.52. The molecule has 1 saturated carbocycles. The molecule has 2 aromatic heterocycles. The first-order chi connectivity index (χ1) is 18.0. The van der Waals surface area contributed by atoms with Crippen molar-refractivity contribution in [2.45, 2.75) is 76.3 Å². The number of nitrogens with two attached hydrogens (primary N) is 1. The monoisotopic (exact) mass is 536 g/mol. The highest BCUT2D eigenvalue weighted by Gasteiger charge is 2.43. The Labute approximate surface area is 227 Å². The molecule has 2 aliphatic rings. The van der Waals surface area contributed by atoms with Gasteiger partial charge in [-0.05, 0) is 67.5 Å². The number of likely N-dealkylation sites (tertiary alicyclic amines) is 1. The quantitative estimate of drug-likeness (QED) is 0.434. The Morgan fingerprint density at radius 2 is 1.73 bits per heavy atom. The molecule has 1 aliphatic carbocycles. The lowest BCUT2D eigenvalue weighted by molar-refractivity contribution is -0.125. The molecule has 5 rings (SSSR count). The largest absolute Gasteiger partial charge is 0.352 e. The van der Waals surface area contributed by atoms with Crippen LogP contribution in [0.4, 0.5) is 0 Å². The summed E-state index contributed by atoms with van der Waals surface area (Å²) in [6.45, 7) is 4.22. The summed E-state index contributed by atoms with van der Waals surface area (Å²) in [6.07, 6.45) is 4.30. The van der Waals surface area contributed by atoms with Gasteiger partial charge in [-0.25, -0.2) is 0 Å². The smallest absolute Gasteiger partial charge is 0.264 e. The molecular weight excluding hydrogens is 500 g/mol. The zero-order chi connectivity index (χ0) is 25.8. The first-order valence-electron chi connectivity index (χ1n) is 13.2. The van der Waals surface area contributed by atoms with E-state index >= 15 is 0 Å². The van der Waals surface area contributed by atoms with Gasteiger partial charge in [-0.1, -0.05) is 42.0 Å². The van der Waals surface area contributed by atoms with Gasteiger partial charge in [-0.15, -0.1) is 22.7 Å². The molecule has 2 amide bonds. The summed E-state index contributed by atoms with van der Waals surface area (Å²) in [5.41, 5.74) is 8.55. The molecule has 196 valence electrons. The van der Waals surface area contributed by atoms with Crippen molar-refractivity contribution in [3.63, 3.8) is 0 Å². The number of hydrogen-bond acceptors (Lipinski definition) is 6. The molecule has 3 heterocycles. The van der Waals surface area contributed by atoms with Crippen molar-refractivity contribution < 1.29 is 9.59 Å². The molecule has 1 aliphatic heterocycles. The molecule has 0 bridgehead atoms. The van der Waals surface area contributed by atoms with E-state index in [1.807, 2.05) is 22.4 Å². The van der Waals surface area contributed by atoms with Crippen LogP contribution < -0.4 is 11.1 Å². The molecule has 0 radical (unpaired) electrons. The molecule has 6 nitrogen and oxygen atoms in total. The minimum absolute atomic E-state index is 0.0284. The van der Waals surface area contributed by atoms with Crippen molar-refractivity contribution in [2.75, 3.05) is 6.54 Å². The van der Waals surface area contributed by atoms with Gasteiger partial charge in [0.25, 0.3) is 5.91 Å². The minimum Gasteiger partial charge on any atom is -0.352 e. The number of hydrogen-bond donors (Lipinski definition) is 2. The van der Waals surface area contributed by atoms with Crippen LogP contribution in [-0.2, 0) is 17.9 Å². The van der Waals surface area contributed by atoms with E-state index in [2.05, 4.69) is 58.9 Å². The predicted molar refractivity (Wildman–Crippen MR) is 151 cm³/mol. The Morgan fingerprint density at radius 3 is 2.41 bits per heavy atom. The van der Waals surface area contributed by atoms with Gasteiger partial charge in [0.05, 0.1) is 4.88 Å². The summed E-state index contributed by atoms with van der Waals surface area (Å²) < 4.78 is 0. The first kappa shape index (κ1) is 26.1. The van der Waals surface area contributed by atoms with Crippen LogP contribution in [0.25, 0.3) is 0 Å². The highest BCUT2D eigenvalue weighted by atomic mass is 32.1. The fourth-order valence-corrected chi connectivity index (χ4v) is 6.91. The van der Waals surface area contributed by atoms with Crippen LogP contribution in [0, 0.1) is 6.92 Å². The minimum atomic E-state index is -0.473. The molecular formula is C29H36N4O2S2. The number of amides is 2. The molecule has 37 heavy (non-hydrogen) atoms. The zero-order valence-corrected chi connectivity index (χ0v) is 23.0. The molecule has 2 fully saturated rings. The van der Waals surface area contributed by atoms with Gasteiger partial charge in [0.1, 0.15) is 6.04 Å². The molecule has 1 aromatic carbocycles. The van der Waals surface area contributed by atoms with E-state index in [9.17, 15) is 9.59 Å². The number of nitrogens with one attached hydrogen (secondary N) is 1. The van der Waals surface area contributed by atoms with Gasteiger partial charge in [0.2, 0.25) is 5.91 Å². The van der Waals surface area contributed by atoms with Gasteiger partial charge in [0, 0.05) is 42.6 Å². The average Bonchev–Trinajstić information content (AvgIpc) is 3.68. The van der Waals surface area contributed by atoms with Gasteiger partial charge < -0.3 is 16.0 Å². The van der Waals surface area contributed by atoms with Crippen molar-refractivity contribution in [3.05, 3.63) is 80.2 Å². The Balaban J connectivity index is 1.37. The topological polar surface area (TPSA) is 78.7 Å². The number of thiophene rings is 2. The maximum Gasteiger partial charge on any atom is 0.264 e. The van der Waals surface area contributed by atoms with Crippen LogP contribution in [-0.4, -0.2) is 52.3 Å². The molecule has 3 N–H and O–H groups in total. The third kappa shape index (κ3) is 6.49. The SMILES string of the molecule is Cc1ccc(CN(Cc2cccs2)C2CC(C(=O)NC3CCC(N)CC3)N(C(=O)c3cccs3)C2)cc1. The summed E-state index contributed by atoms with van der Waals surface area (Å²) in [7, 11) is 0. The van der Waals surface area contributed by atoms with Crippen molar-refractivity contribution in [2.24, 2.45) is 5.73 Å². The number of nitrogens with zero attached hydrogens (tertiary/aromatic N) is 2. The van der Waals surface area contributed by atoms with Crippen molar-refractivity contribution in [1.82, 2.24) is 15.1 Å². The van der Waals surface area contributed by atoms with E-state index in [0.717, 1.165) is 38.8 Å². The molecule has 2 unspecified atom stereocenters. The molecule has 3 aromatic rings. The predicted octanol–water partition coefficient (Wildman–Crippen LogP) is 4.79. The van der Waals surface area contributed by atoms with Gasteiger partial charge in [-0.3, -0.25) is 14.5 Å². The van der Waals surface area contributed by atoms with Gasteiger partial charge in [-0.2, -0.15) is 0 Å². The number of carbonyl (C=O) groups is 2. The molecule has 8 heteroatoms. The van der Waals surface area contributed by atoms with E-state index in [-0.39, 0.29) is 29.9 Å². The lowest BCUT2D eigenvalue weighted by atomic mass is 9.91. The van der Waals surface area contributed by atoms with Crippen LogP contribution in [0.3, 0.4) is 0 Å². The van der Waals surface area contributed by atoms with Crippen molar-refractivity contribution in [1.29, 1.82) is 0 Å². The summed E-state index contributed by atoms with van der Waals surface area (Å²) in [6, 6.07) is 16.6. The molecule has 2 atom stereocenters. The third-order valence-corrected chi connectivity index (χ3v) is 9.37. The standard InChI is InChI=1S/C29H36N4O2S2/c1-20-6-8-21(9-7-20)17-32(19-25-4-2-14-36-25)24-16-26(28(34)31-23-12-10-22(30)11-13-23)33(18-24)29(35)27-5-3-15-37-27/h2-9,14-15,22-24,26H,10-13,16-19,30H2,1H3,(H,31,34). The van der Waals surface area contributed by atoms with E-state index in [1.54, 1.807) is 11.3 Å². The Morgan fingerprint density at radius 1 is 1.00 bits per heavy atom. The second-order valence-corrected chi connectivity index (χ2v) is 12.4. The van der Waals surface area contributed by atoms with E-state index in [1.165, 1.54) is 27.3 Å². The van der Waals surface area contributed by atoms with Crippen molar-refractivity contribution >= 4 is 34.5 Å². The second kappa shape index (κ2) is 11.9. The van der Waals surface area contributed by atoms with Crippen LogP contribution in [0.5, 0.6) is 0 Å². The highest BCUT2D eigenvalue weighted by Crippen LogP contribution is 2.29. The summed E-state index contributed by atoms with van der Waals surface area (Å²) in [4.78, 5) is 33.4. The van der Waals surface area contributed by atoms with Crippen molar-refractivity contribution in [3.8, 4) is 0 Å². The van der Waals surface area contributed by atoms with Crippen LogP contribution in [0.15, 0.2) is 59.3 Å². The zero-order valence-electron chi connectivity index (χ0n) is 21.3. The van der Waals surface area contributed by atoms with Crippen LogP contribution in [0.2, 0.25) is 0 Å². The number of rotatable bonds is 8. The van der Waals surface area contributed by atoms with Crippen LogP contribution in [0.1, 0.15) is 57.8 Å². The van der Waals surface area contributed by atoms with Crippen LogP contribution >= 0.6 is 22.7 Å². The Bertz CT molecular complexity index is 1160. The number of carbonyl (C=O) groups excluding carboxylic acids is 2. The van der Waals surface area contributed by atoms with E-state index in [0.29, 0.717) is 17.8 Å². The number of aryl methyl sites for hydroxylation is 1. The van der Waals surface area contributed by atoms with E-state index in [4.69, 9.17) is 5.73 Å². The van der Waals surface area contributed by atoms with Gasteiger partial charge in [0.15, 0.2) is 0 Å². The summed E-state index contributed by atoms with van der Waals surface area (Å²) in [5, 5.41) is 7.29. The summed E-state index contributed by atoms with van der Waals surface area (Å²) >= 11 is 3.18. The lowest BCUT2D eigenvalue weighted by Crippen LogP contribution is -2.50. The lowest BCUT2D eigenvalue weighted by Gasteiger charge is -2.29. The normalized spacial score (nSPS) is 23.9. The maximum absolute atomic E-state index is 13.6. The van der Waals surface area contributed by atoms with Gasteiger partial charge >= 0.3 is 0 Å². The highest BCUT2D eigenvalue weighted by molar-refractivity contribution is 7.12. The fraction of sp³-hybridized carbons (Fsp3) is 0.448. The van der Waals surface area contributed by atoms with E-state index < -0.39 is 6.04 Å². The first-order valence-corrected chi connectivity index (χ1v) is 14.9. The number of benzene rings is 1. The summed E-state index contributed by atoms with van der Waals surface area (Å²) in [5.74, 6) is -0.0750. The molecule has 1 saturated heterocycles. The second-order valence-electron chi connectivity index (χ2n) is 10.4. The fourth-order valence-electron chi connectivity index (χ4n) is 5.50. The average molecular weight is 537 g/mol.